The quantitative estimate of drug-likeness (QED) is 0.684. The van der Waals surface area contributed by atoms with Gasteiger partial charge in [0.1, 0.15) is 18.1 Å². The fourth-order valence-electron chi connectivity index (χ4n) is 2.76. The van der Waals surface area contributed by atoms with Crippen LogP contribution < -0.4 is 9.47 Å². The summed E-state index contributed by atoms with van der Waals surface area (Å²) >= 11 is 0. The number of unbranched alkanes of at least 4 members (excludes halogenated alkanes) is 1. The second kappa shape index (κ2) is 9.41. The first-order chi connectivity index (χ1) is 11.3. The Bertz CT molecular complexity index is 594. The molecule has 0 heterocycles. The van der Waals surface area contributed by atoms with Gasteiger partial charge in [0.25, 0.3) is 0 Å². The zero-order valence-electron chi connectivity index (χ0n) is 14.3. The molecule has 2 aromatic carbocycles. The van der Waals surface area contributed by atoms with Crippen molar-refractivity contribution in [2.45, 2.75) is 39.5 Å². The molecule has 0 radical (unpaired) electrons. The number of aliphatic hydroxyl groups excluding tert-OH is 1. The Morgan fingerprint density at radius 3 is 2.17 bits per heavy atom. The van der Waals surface area contributed by atoms with Gasteiger partial charge < -0.3 is 14.6 Å². The molecule has 0 bridgehead atoms. The van der Waals surface area contributed by atoms with Gasteiger partial charge in [-0.15, -0.1) is 0 Å². The minimum atomic E-state index is 0.0161. The monoisotopic (exact) mass is 316 g/mol. The standard InChI is InChI=1S/C20H28O3/c1-3-5-8-16(4-2)15-23-20-12-11-19(22-14-13-21)17-9-6-7-10-18(17)20/h6-7,9-12,16,21H,3-5,8,13-15H2,1-2H3. The third kappa shape index (κ3) is 4.87. The lowest BCUT2D eigenvalue weighted by atomic mass is 10.0. The maximum Gasteiger partial charge on any atom is 0.127 e. The van der Waals surface area contributed by atoms with Crippen molar-refractivity contribution in [3.8, 4) is 11.5 Å². The van der Waals surface area contributed by atoms with Crippen LogP contribution in [0.3, 0.4) is 0 Å². The Kier molecular flexibility index (Phi) is 7.21. The Morgan fingerprint density at radius 1 is 0.957 bits per heavy atom. The van der Waals surface area contributed by atoms with Crippen LogP contribution in [-0.4, -0.2) is 24.9 Å². The van der Waals surface area contributed by atoms with Crippen LogP contribution in [0.4, 0.5) is 0 Å². The predicted molar refractivity (Wildman–Crippen MR) is 95.3 cm³/mol. The van der Waals surface area contributed by atoms with Crippen LogP contribution in [0, 0.1) is 5.92 Å². The molecule has 0 aliphatic heterocycles. The van der Waals surface area contributed by atoms with Gasteiger partial charge in [0.2, 0.25) is 0 Å². The van der Waals surface area contributed by atoms with Crippen molar-refractivity contribution < 1.29 is 14.6 Å². The summed E-state index contributed by atoms with van der Waals surface area (Å²) < 4.78 is 11.7. The molecule has 2 aromatic rings. The first-order valence-corrected chi connectivity index (χ1v) is 8.68. The average molecular weight is 316 g/mol. The largest absolute Gasteiger partial charge is 0.493 e. The van der Waals surface area contributed by atoms with E-state index in [0.717, 1.165) is 35.3 Å². The van der Waals surface area contributed by atoms with Crippen LogP contribution in [-0.2, 0) is 0 Å². The molecule has 0 aliphatic rings. The summed E-state index contributed by atoms with van der Waals surface area (Å²) in [6, 6.07) is 12.0. The van der Waals surface area contributed by atoms with Crippen LogP contribution in [0.15, 0.2) is 36.4 Å². The van der Waals surface area contributed by atoms with Gasteiger partial charge in [-0.2, -0.15) is 0 Å². The number of rotatable bonds is 10. The van der Waals surface area contributed by atoms with Crippen molar-refractivity contribution in [2.75, 3.05) is 19.8 Å². The van der Waals surface area contributed by atoms with Crippen molar-refractivity contribution in [2.24, 2.45) is 5.92 Å². The Labute approximate surface area is 139 Å². The highest BCUT2D eigenvalue weighted by molar-refractivity contribution is 5.93. The maximum absolute atomic E-state index is 8.95. The number of aliphatic hydroxyl groups is 1. The van der Waals surface area contributed by atoms with Gasteiger partial charge in [0.15, 0.2) is 0 Å². The van der Waals surface area contributed by atoms with Crippen LogP contribution in [0.25, 0.3) is 10.8 Å². The van der Waals surface area contributed by atoms with E-state index < -0.39 is 0 Å². The van der Waals surface area contributed by atoms with Crippen molar-refractivity contribution in [1.82, 2.24) is 0 Å². The minimum absolute atomic E-state index is 0.0161. The highest BCUT2D eigenvalue weighted by atomic mass is 16.5. The normalized spacial score (nSPS) is 12.3. The number of fused-ring (bicyclic) bond motifs is 1. The van der Waals surface area contributed by atoms with E-state index >= 15 is 0 Å². The summed E-state index contributed by atoms with van der Waals surface area (Å²) in [6.07, 6.45) is 4.87. The topological polar surface area (TPSA) is 38.7 Å². The summed E-state index contributed by atoms with van der Waals surface area (Å²) in [6.45, 7) is 5.54. The molecule has 0 saturated carbocycles. The van der Waals surface area contributed by atoms with Crippen LogP contribution >= 0.6 is 0 Å². The second-order valence-electron chi connectivity index (χ2n) is 5.91. The molecular weight excluding hydrogens is 288 g/mol. The number of hydrogen-bond donors (Lipinski definition) is 1. The van der Waals surface area contributed by atoms with Crippen molar-refractivity contribution in [1.29, 1.82) is 0 Å². The fourth-order valence-corrected chi connectivity index (χ4v) is 2.76. The highest BCUT2D eigenvalue weighted by Gasteiger charge is 2.11. The zero-order valence-corrected chi connectivity index (χ0v) is 14.3. The number of ether oxygens (including phenoxy) is 2. The molecule has 1 unspecified atom stereocenters. The molecule has 0 amide bonds. The summed E-state index contributed by atoms with van der Waals surface area (Å²) in [5, 5.41) is 11.0. The van der Waals surface area contributed by atoms with Gasteiger partial charge in [0.05, 0.1) is 13.2 Å². The van der Waals surface area contributed by atoms with E-state index in [2.05, 4.69) is 19.9 Å². The van der Waals surface area contributed by atoms with E-state index in [1.165, 1.54) is 19.3 Å². The summed E-state index contributed by atoms with van der Waals surface area (Å²) in [5.74, 6) is 2.31. The molecule has 0 spiro atoms. The molecule has 0 fully saturated rings. The lowest BCUT2D eigenvalue weighted by molar-refractivity contribution is 0.202. The molecule has 2 rings (SSSR count). The fraction of sp³-hybridized carbons (Fsp3) is 0.500. The molecule has 3 nitrogen and oxygen atoms in total. The van der Waals surface area contributed by atoms with Crippen molar-refractivity contribution >= 4 is 10.8 Å². The number of hydrogen-bond acceptors (Lipinski definition) is 3. The summed E-state index contributed by atoms with van der Waals surface area (Å²) in [5.41, 5.74) is 0. The molecule has 1 atom stereocenters. The molecule has 0 aliphatic carbocycles. The predicted octanol–water partition coefficient (Wildman–Crippen LogP) is 4.81. The summed E-state index contributed by atoms with van der Waals surface area (Å²) in [4.78, 5) is 0. The smallest absolute Gasteiger partial charge is 0.127 e. The zero-order chi connectivity index (χ0) is 16.5. The minimum Gasteiger partial charge on any atom is -0.493 e. The SMILES string of the molecule is CCCCC(CC)COc1ccc(OCCO)c2ccccc12. The van der Waals surface area contributed by atoms with Gasteiger partial charge in [-0.25, -0.2) is 0 Å². The second-order valence-corrected chi connectivity index (χ2v) is 5.91. The van der Waals surface area contributed by atoms with Gasteiger partial charge in [-0.3, -0.25) is 0 Å². The van der Waals surface area contributed by atoms with E-state index in [1.54, 1.807) is 0 Å². The maximum atomic E-state index is 8.95. The van der Waals surface area contributed by atoms with Gasteiger partial charge >= 0.3 is 0 Å². The first kappa shape index (κ1) is 17.6. The van der Waals surface area contributed by atoms with Gasteiger partial charge in [-0.05, 0) is 24.5 Å². The van der Waals surface area contributed by atoms with Gasteiger partial charge in [-0.1, -0.05) is 57.4 Å². The Morgan fingerprint density at radius 2 is 1.61 bits per heavy atom. The Balaban J connectivity index is 2.14. The highest BCUT2D eigenvalue weighted by Crippen LogP contribution is 2.33. The Hall–Kier alpha value is -1.74. The van der Waals surface area contributed by atoms with E-state index in [-0.39, 0.29) is 6.61 Å². The third-order valence-corrected chi connectivity index (χ3v) is 4.21. The molecule has 23 heavy (non-hydrogen) atoms. The first-order valence-electron chi connectivity index (χ1n) is 8.68. The van der Waals surface area contributed by atoms with Crippen LogP contribution in [0.5, 0.6) is 11.5 Å². The van der Waals surface area contributed by atoms with Crippen LogP contribution in [0.2, 0.25) is 0 Å². The lowest BCUT2D eigenvalue weighted by Gasteiger charge is -2.17. The number of benzene rings is 2. The van der Waals surface area contributed by atoms with E-state index in [0.29, 0.717) is 12.5 Å². The summed E-state index contributed by atoms with van der Waals surface area (Å²) in [7, 11) is 0. The van der Waals surface area contributed by atoms with E-state index in [1.807, 2.05) is 30.3 Å². The third-order valence-electron chi connectivity index (χ3n) is 4.21. The molecular formula is C20H28O3. The lowest BCUT2D eigenvalue weighted by Crippen LogP contribution is -2.11. The van der Waals surface area contributed by atoms with Crippen molar-refractivity contribution in [3.63, 3.8) is 0 Å². The van der Waals surface area contributed by atoms with E-state index in [4.69, 9.17) is 14.6 Å². The molecule has 1 N–H and O–H groups in total. The van der Waals surface area contributed by atoms with E-state index in [9.17, 15) is 0 Å². The average Bonchev–Trinajstić information content (AvgIpc) is 2.60. The van der Waals surface area contributed by atoms with Gasteiger partial charge in [0, 0.05) is 10.8 Å². The molecule has 3 heteroatoms. The van der Waals surface area contributed by atoms with Crippen LogP contribution in [0.1, 0.15) is 39.5 Å². The van der Waals surface area contributed by atoms with Crippen molar-refractivity contribution in [3.05, 3.63) is 36.4 Å². The molecule has 0 saturated heterocycles. The molecule has 0 aromatic heterocycles. The molecule has 126 valence electrons.